The number of anilines is 1. The molecule has 0 aliphatic carbocycles. The van der Waals surface area contributed by atoms with Gasteiger partial charge < -0.3 is 15.0 Å². The number of benzene rings is 3. The van der Waals surface area contributed by atoms with Crippen LogP contribution >= 0.6 is 11.6 Å². The number of halogens is 1. The van der Waals surface area contributed by atoms with Gasteiger partial charge in [0.15, 0.2) is 0 Å². The molecule has 3 rings (SSSR count). The second kappa shape index (κ2) is 12.6. The molecule has 0 spiro atoms. The second-order valence-corrected chi connectivity index (χ2v) is 10.5. The number of ether oxygens (including phenoxy) is 1. The summed E-state index contributed by atoms with van der Waals surface area (Å²) in [5.41, 5.74) is 0.914. The van der Waals surface area contributed by atoms with E-state index in [2.05, 4.69) is 5.32 Å². The Morgan fingerprint density at radius 2 is 1.59 bits per heavy atom. The normalized spacial score (nSPS) is 11.9. The lowest BCUT2D eigenvalue weighted by Gasteiger charge is -2.32. The van der Waals surface area contributed by atoms with E-state index in [4.69, 9.17) is 16.3 Å². The molecule has 0 aliphatic rings. The van der Waals surface area contributed by atoms with Gasteiger partial charge in [-0.3, -0.25) is 13.9 Å². The summed E-state index contributed by atoms with van der Waals surface area (Å²) in [5.74, 6) is -0.379. The number of carbonyl (C=O) groups excluding carboxylic acids is 2. The fourth-order valence-corrected chi connectivity index (χ4v) is 5.34. The Morgan fingerprint density at radius 1 is 0.973 bits per heavy atom. The third-order valence-electron chi connectivity index (χ3n) is 5.79. The van der Waals surface area contributed by atoms with Crippen molar-refractivity contribution in [3.8, 4) is 5.75 Å². The number of rotatable bonds is 11. The minimum absolute atomic E-state index is 0.0264. The number of likely N-dealkylation sites (N-methyl/N-ethyl adjacent to an activating group) is 1. The van der Waals surface area contributed by atoms with Crippen LogP contribution in [0.4, 0.5) is 5.69 Å². The van der Waals surface area contributed by atoms with Crippen LogP contribution in [0.3, 0.4) is 0 Å². The van der Waals surface area contributed by atoms with Gasteiger partial charge in [0.05, 0.1) is 17.7 Å². The standard InChI is InChI=1S/C27H30ClN3O5S/c1-4-29-27(33)20(2)30(18-21-10-8-9-13-25(21)28)26(32)19-31(22-14-16-23(36-3)17-15-22)37(34,35)24-11-6-5-7-12-24/h5-17,20H,4,18-19H2,1-3H3,(H,29,33)/t20-/m0/s1. The lowest BCUT2D eigenvalue weighted by molar-refractivity contribution is -0.139. The van der Waals surface area contributed by atoms with Crippen molar-refractivity contribution < 1.29 is 22.7 Å². The van der Waals surface area contributed by atoms with Crippen molar-refractivity contribution in [1.29, 1.82) is 0 Å². The van der Waals surface area contributed by atoms with Gasteiger partial charge in [-0.15, -0.1) is 0 Å². The van der Waals surface area contributed by atoms with Gasteiger partial charge >= 0.3 is 0 Å². The quantitative estimate of drug-likeness (QED) is 0.393. The van der Waals surface area contributed by atoms with Crippen molar-refractivity contribution in [2.24, 2.45) is 0 Å². The largest absolute Gasteiger partial charge is 0.497 e. The first-order chi connectivity index (χ1) is 17.7. The highest BCUT2D eigenvalue weighted by molar-refractivity contribution is 7.92. The smallest absolute Gasteiger partial charge is 0.264 e. The molecule has 2 amide bonds. The first-order valence-electron chi connectivity index (χ1n) is 11.7. The molecule has 10 heteroatoms. The maximum Gasteiger partial charge on any atom is 0.264 e. The molecule has 196 valence electrons. The van der Waals surface area contributed by atoms with Crippen LogP contribution in [0.15, 0.2) is 83.8 Å². The molecule has 0 unspecified atom stereocenters. The van der Waals surface area contributed by atoms with Gasteiger partial charge in [0, 0.05) is 18.1 Å². The molecular weight excluding hydrogens is 514 g/mol. The Morgan fingerprint density at radius 3 is 2.19 bits per heavy atom. The maximum absolute atomic E-state index is 13.8. The van der Waals surface area contributed by atoms with Crippen LogP contribution in [-0.4, -0.2) is 51.4 Å². The van der Waals surface area contributed by atoms with Gasteiger partial charge in [-0.05, 0) is 61.9 Å². The molecule has 1 N–H and O–H groups in total. The van der Waals surface area contributed by atoms with Gasteiger partial charge in [0.1, 0.15) is 18.3 Å². The summed E-state index contributed by atoms with van der Waals surface area (Å²) in [7, 11) is -2.61. The van der Waals surface area contributed by atoms with Gasteiger partial charge in [-0.1, -0.05) is 48.0 Å². The van der Waals surface area contributed by atoms with Crippen molar-refractivity contribution in [3.63, 3.8) is 0 Å². The molecular formula is C27H30ClN3O5S. The van der Waals surface area contributed by atoms with Crippen molar-refractivity contribution in [1.82, 2.24) is 10.2 Å². The molecule has 0 fully saturated rings. The number of methoxy groups -OCH3 is 1. The fourth-order valence-electron chi connectivity index (χ4n) is 3.71. The average molecular weight is 544 g/mol. The zero-order valence-corrected chi connectivity index (χ0v) is 22.5. The molecule has 0 bridgehead atoms. The molecule has 37 heavy (non-hydrogen) atoms. The van der Waals surface area contributed by atoms with Crippen molar-refractivity contribution >= 4 is 39.1 Å². The first-order valence-corrected chi connectivity index (χ1v) is 13.5. The van der Waals surface area contributed by atoms with E-state index in [0.29, 0.717) is 22.9 Å². The molecule has 0 heterocycles. The zero-order valence-electron chi connectivity index (χ0n) is 20.9. The molecule has 1 atom stereocenters. The summed E-state index contributed by atoms with van der Waals surface area (Å²) in [6, 6.07) is 20.4. The van der Waals surface area contributed by atoms with Crippen LogP contribution in [0.2, 0.25) is 5.02 Å². The van der Waals surface area contributed by atoms with E-state index in [1.54, 1.807) is 80.6 Å². The van der Waals surface area contributed by atoms with Gasteiger partial charge in [0.2, 0.25) is 11.8 Å². The van der Waals surface area contributed by atoms with Crippen molar-refractivity contribution in [2.45, 2.75) is 31.3 Å². The lowest BCUT2D eigenvalue weighted by atomic mass is 10.1. The Balaban J connectivity index is 2.03. The van der Waals surface area contributed by atoms with Crippen LogP contribution in [-0.2, 0) is 26.2 Å². The minimum atomic E-state index is -4.12. The number of hydrogen-bond donors (Lipinski definition) is 1. The minimum Gasteiger partial charge on any atom is -0.497 e. The van der Waals surface area contributed by atoms with Crippen LogP contribution in [0, 0.1) is 0 Å². The molecule has 8 nitrogen and oxygen atoms in total. The summed E-state index contributed by atoms with van der Waals surface area (Å²) in [6.45, 7) is 3.26. The molecule has 0 aliphatic heterocycles. The fraction of sp³-hybridized carbons (Fsp3) is 0.259. The molecule has 0 aromatic heterocycles. The molecule has 3 aromatic carbocycles. The molecule has 0 radical (unpaired) electrons. The molecule has 0 saturated carbocycles. The number of nitrogens with one attached hydrogen (secondary N) is 1. The maximum atomic E-state index is 13.8. The van der Waals surface area contributed by atoms with Gasteiger partial charge in [-0.2, -0.15) is 0 Å². The third-order valence-corrected chi connectivity index (χ3v) is 7.94. The predicted molar refractivity (Wildman–Crippen MR) is 144 cm³/mol. The summed E-state index contributed by atoms with van der Waals surface area (Å²) >= 11 is 6.34. The van der Waals surface area contributed by atoms with E-state index in [1.807, 2.05) is 0 Å². The average Bonchev–Trinajstić information content (AvgIpc) is 2.91. The van der Waals surface area contributed by atoms with E-state index < -0.39 is 28.5 Å². The number of carbonyl (C=O) groups is 2. The molecule has 0 saturated heterocycles. The Hall–Kier alpha value is -3.56. The van der Waals surface area contributed by atoms with E-state index in [0.717, 1.165) is 4.31 Å². The first kappa shape index (κ1) is 28.0. The molecule has 3 aromatic rings. The van der Waals surface area contributed by atoms with Crippen LogP contribution < -0.4 is 14.4 Å². The Labute approximate surface area is 222 Å². The van der Waals surface area contributed by atoms with Crippen molar-refractivity contribution in [2.75, 3.05) is 24.5 Å². The van der Waals surface area contributed by atoms with Gasteiger partial charge in [-0.25, -0.2) is 8.42 Å². The predicted octanol–water partition coefficient (Wildman–Crippen LogP) is 4.10. The number of sulfonamides is 1. The van der Waals surface area contributed by atoms with E-state index >= 15 is 0 Å². The van der Waals surface area contributed by atoms with Crippen LogP contribution in [0.1, 0.15) is 19.4 Å². The second-order valence-electron chi connectivity index (χ2n) is 8.21. The highest BCUT2D eigenvalue weighted by Crippen LogP contribution is 2.27. The summed E-state index contributed by atoms with van der Waals surface area (Å²) in [5, 5.41) is 3.16. The summed E-state index contributed by atoms with van der Waals surface area (Å²) in [4.78, 5) is 27.9. The summed E-state index contributed by atoms with van der Waals surface area (Å²) < 4.78 is 33.6. The highest BCUT2D eigenvalue weighted by Gasteiger charge is 2.32. The van der Waals surface area contributed by atoms with Crippen LogP contribution in [0.5, 0.6) is 5.75 Å². The van der Waals surface area contributed by atoms with Gasteiger partial charge in [0.25, 0.3) is 10.0 Å². The van der Waals surface area contributed by atoms with E-state index in [-0.39, 0.29) is 23.0 Å². The number of nitrogens with zero attached hydrogens (tertiary/aromatic N) is 2. The highest BCUT2D eigenvalue weighted by atomic mass is 35.5. The Bertz CT molecular complexity index is 1320. The van der Waals surface area contributed by atoms with E-state index in [1.165, 1.54) is 24.1 Å². The SMILES string of the molecule is CCNC(=O)[C@H](C)N(Cc1ccccc1Cl)C(=O)CN(c1ccc(OC)cc1)S(=O)(=O)c1ccccc1. The van der Waals surface area contributed by atoms with E-state index in [9.17, 15) is 18.0 Å². The lowest BCUT2D eigenvalue weighted by Crippen LogP contribution is -2.51. The Kier molecular flexibility index (Phi) is 9.54. The third kappa shape index (κ3) is 6.81. The monoisotopic (exact) mass is 543 g/mol. The topological polar surface area (TPSA) is 96.0 Å². The van der Waals surface area contributed by atoms with Crippen LogP contribution in [0.25, 0.3) is 0 Å². The van der Waals surface area contributed by atoms with Crippen molar-refractivity contribution in [3.05, 3.63) is 89.4 Å². The summed E-state index contributed by atoms with van der Waals surface area (Å²) in [6.07, 6.45) is 0. The zero-order chi connectivity index (χ0) is 27.0. The number of amides is 2. The number of hydrogen-bond acceptors (Lipinski definition) is 5.